The van der Waals surface area contributed by atoms with Crippen molar-refractivity contribution in [2.75, 3.05) is 19.7 Å². The Labute approximate surface area is 212 Å². The maximum Gasteiger partial charge on any atom is 0.335 e. The lowest BCUT2D eigenvalue weighted by molar-refractivity contribution is 0.0695. The van der Waals surface area contributed by atoms with E-state index >= 15 is 0 Å². The average molecular weight is 504 g/mol. The fraction of sp³-hybridized carbons (Fsp3) is 0.296. The van der Waals surface area contributed by atoms with Crippen molar-refractivity contribution in [2.24, 2.45) is 5.92 Å². The number of hydrogen-bond donors (Lipinski definition) is 3. The van der Waals surface area contributed by atoms with E-state index < -0.39 is 12.1 Å². The van der Waals surface area contributed by atoms with Crippen LogP contribution in [0.2, 0.25) is 5.02 Å². The molecule has 3 aromatic carbocycles. The summed E-state index contributed by atoms with van der Waals surface area (Å²) in [5, 5.41) is 23.5. The van der Waals surface area contributed by atoms with Crippen LogP contribution in [0.1, 0.15) is 41.4 Å². The van der Waals surface area contributed by atoms with E-state index in [0.717, 1.165) is 34.4 Å². The second-order valence-electron chi connectivity index (χ2n) is 8.42. The zero-order chi connectivity index (χ0) is 23.8. The molecule has 0 amide bonds. The lowest BCUT2D eigenvalue weighted by atomic mass is 9.93. The third kappa shape index (κ3) is 8.03. The molecule has 5 nitrogen and oxygen atoms in total. The molecular formula is C27H31Cl2NO4. The molecule has 182 valence electrons. The van der Waals surface area contributed by atoms with Gasteiger partial charge in [0.05, 0.1) is 11.7 Å². The Morgan fingerprint density at radius 1 is 1.03 bits per heavy atom. The predicted octanol–water partition coefficient (Wildman–Crippen LogP) is 6.03. The number of carbonyl (C=O) groups is 1. The highest BCUT2D eigenvalue weighted by Crippen LogP contribution is 2.26. The SMILES string of the molecule is CC(C)Cc1cc(-c2ccc(OCCNC[C@@H](O)c3cccc(Cl)c3)cc2)ccc1C(=O)O.Cl. The first-order valence-corrected chi connectivity index (χ1v) is 11.4. The van der Waals surface area contributed by atoms with Crippen LogP contribution in [-0.4, -0.2) is 35.9 Å². The number of nitrogens with one attached hydrogen (secondary N) is 1. The van der Waals surface area contributed by atoms with E-state index in [2.05, 4.69) is 19.2 Å². The van der Waals surface area contributed by atoms with Crippen LogP contribution in [0.15, 0.2) is 66.7 Å². The second-order valence-corrected chi connectivity index (χ2v) is 8.86. The van der Waals surface area contributed by atoms with E-state index in [1.807, 2.05) is 48.5 Å². The standard InChI is InChI=1S/C27H30ClNO4.ClH/c1-18(2)14-22-15-20(8-11-25(22)27(31)32)19-6-9-24(10-7-19)33-13-12-29-17-26(30)21-4-3-5-23(28)16-21;/h3-11,15-16,18,26,29-30H,12-14,17H2,1-2H3,(H,31,32);1H/t26-;/m1./s1. The summed E-state index contributed by atoms with van der Waals surface area (Å²) in [6, 6.07) is 20.5. The predicted molar refractivity (Wildman–Crippen MR) is 139 cm³/mol. The number of carboxylic acid groups (broad SMARTS) is 1. The maximum atomic E-state index is 11.5. The lowest BCUT2D eigenvalue weighted by Gasteiger charge is -2.13. The molecule has 0 saturated heterocycles. The van der Waals surface area contributed by atoms with E-state index in [4.69, 9.17) is 16.3 Å². The topological polar surface area (TPSA) is 78.8 Å². The van der Waals surface area contributed by atoms with E-state index in [0.29, 0.717) is 36.2 Å². The summed E-state index contributed by atoms with van der Waals surface area (Å²) >= 11 is 5.96. The van der Waals surface area contributed by atoms with Crippen LogP contribution in [0.25, 0.3) is 11.1 Å². The molecule has 0 heterocycles. The molecule has 3 aromatic rings. The highest BCUT2D eigenvalue weighted by Gasteiger charge is 2.13. The van der Waals surface area contributed by atoms with Crippen molar-refractivity contribution in [3.05, 3.63) is 88.4 Å². The van der Waals surface area contributed by atoms with E-state index in [-0.39, 0.29) is 12.4 Å². The number of hydrogen-bond acceptors (Lipinski definition) is 4. The van der Waals surface area contributed by atoms with Gasteiger partial charge in [0.25, 0.3) is 0 Å². The van der Waals surface area contributed by atoms with Gasteiger partial charge in [-0.05, 0) is 64.9 Å². The number of aliphatic hydroxyl groups is 1. The summed E-state index contributed by atoms with van der Waals surface area (Å²) in [6.07, 6.45) is 0.0893. The molecule has 0 bridgehead atoms. The van der Waals surface area contributed by atoms with Gasteiger partial charge in [-0.3, -0.25) is 0 Å². The van der Waals surface area contributed by atoms with E-state index in [1.165, 1.54) is 0 Å². The minimum absolute atomic E-state index is 0. The molecule has 0 aromatic heterocycles. The monoisotopic (exact) mass is 503 g/mol. The van der Waals surface area contributed by atoms with Crippen LogP contribution in [0.4, 0.5) is 0 Å². The highest BCUT2D eigenvalue weighted by atomic mass is 35.5. The smallest absolute Gasteiger partial charge is 0.335 e. The average Bonchev–Trinajstić information content (AvgIpc) is 2.78. The van der Waals surface area contributed by atoms with E-state index in [9.17, 15) is 15.0 Å². The Morgan fingerprint density at radius 3 is 2.38 bits per heavy atom. The van der Waals surface area contributed by atoms with Crippen molar-refractivity contribution in [1.82, 2.24) is 5.32 Å². The van der Waals surface area contributed by atoms with Gasteiger partial charge in [-0.15, -0.1) is 12.4 Å². The Hall–Kier alpha value is -2.57. The Balaban J connectivity index is 0.00000408. The number of rotatable bonds is 11. The summed E-state index contributed by atoms with van der Waals surface area (Å²) in [7, 11) is 0. The molecule has 34 heavy (non-hydrogen) atoms. The molecule has 0 radical (unpaired) electrons. The Bertz CT molecular complexity index is 1070. The maximum absolute atomic E-state index is 11.5. The zero-order valence-corrected chi connectivity index (χ0v) is 20.9. The van der Waals surface area contributed by atoms with Gasteiger partial charge < -0.3 is 20.3 Å². The number of benzene rings is 3. The van der Waals surface area contributed by atoms with Crippen LogP contribution in [0, 0.1) is 5.92 Å². The first-order chi connectivity index (χ1) is 15.8. The molecule has 7 heteroatoms. The van der Waals surface area contributed by atoms with Crippen molar-refractivity contribution in [3.63, 3.8) is 0 Å². The number of ether oxygens (including phenoxy) is 1. The molecule has 0 saturated carbocycles. The quantitative estimate of drug-likeness (QED) is 0.278. The zero-order valence-electron chi connectivity index (χ0n) is 19.3. The van der Waals surface area contributed by atoms with Crippen molar-refractivity contribution in [1.29, 1.82) is 0 Å². The third-order valence-corrected chi connectivity index (χ3v) is 5.51. The van der Waals surface area contributed by atoms with Gasteiger partial charge in [-0.2, -0.15) is 0 Å². The normalized spacial score (nSPS) is 11.7. The van der Waals surface area contributed by atoms with Crippen LogP contribution in [-0.2, 0) is 6.42 Å². The third-order valence-electron chi connectivity index (χ3n) is 5.27. The van der Waals surface area contributed by atoms with E-state index in [1.54, 1.807) is 18.2 Å². The minimum Gasteiger partial charge on any atom is -0.492 e. The number of halogens is 2. The lowest BCUT2D eigenvalue weighted by Crippen LogP contribution is -2.26. The molecule has 1 atom stereocenters. The molecule has 0 spiro atoms. The summed E-state index contributed by atoms with van der Waals surface area (Å²) in [5.74, 6) is 0.226. The summed E-state index contributed by atoms with van der Waals surface area (Å²) < 4.78 is 5.79. The highest BCUT2D eigenvalue weighted by molar-refractivity contribution is 6.30. The fourth-order valence-corrected chi connectivity index (χ4v) is 3.84. The van der Waals surface area contributed by atoms with Gasteiger partial charge in [0, 0.05) is 18.1 Å². The largest absolute Gasteiger partial charge is 0.492 e. The van der Waals surface area contributed by atoms with Crippen molar-refractivity contribution >= 4 is 30.0 Å². The Kier molecular flexibility index (Phi) is 10.9. The molecule has 3 rings (SSSR count). The van der Waals surface area contributed by atoms with Gasteiger partial charge in [0.1, 0.15) is 12.4 Å². The molecule has 3 N–H and O–H groups in total. The summed E-state index contributed by atoms with van der Waals surface area (Å²) in [4.78, 5) is 11.5. The van der Waals surface area contributed by atoms with Crippen LogP contribution in [0.5, 0.6) is 5.75 Å². The number of aliphatic hydroxyl groups excluding tert-OH is 1. The van der Waals surface area contributed by atoms with Crippen molar-refractivity contribution < 1.29 is 19.7 Å². The van der Waals surface area contributed by atoms with Crippen LogP contribution >= 0.6 is 24.0 Å². The minimum atomic E-state index is -0.894. The molecular weight excluding hydrogens is 473 g/mol. The van der Waals surface area contributed by atoms with Crippen molar-refractivity contribution in [3.8, 4) is 16.9 Å². The fourth-order valence-electron chi connectivity index (χ4n) is 3.65. The summed E-state index contributed by atoms with van der Waals surface area (Å²) in [5.41, 5.74) is 3.98. The van der Waals surface area contributed by atoms with Crippen molar-refractivity contribution in [2.45, 2.75) is 26.4 Å². The number of carboxylic acids is 1. The molecule has 0 aliphatic rings. The summed E-state index contributed by atoms with van der Waals surface area (Å²) in [6.45, 7) is 5.63. The molecule has 0 aliphatic heterocycles. The van der Waals surface area contributed by atoms with Gasteiger partial charge in [-0.1, -0.05) is 61.8 Å². The number of aromatic carboxylic acids is 1. The van der Waals surface area contributed by atoms with Gasteiger partial charge in [0.2, 0.25) is 0 Å². The molecule has 0 aliphatic carbocycles. The van der Waals surface area contributed by atoms with Gasteiger partial charge in [-0.25, -0.2) is 4.79 Å². The second kappa shape index (κ2) is 13.4. The van der Waals surface area contributed by atoms with Crippen LogP contribution in [0.3, 0.4) is 0 Å². The first kappa shape index (κ1) is 27.7. The Morgan fingerprint density at radius 2 is 1.74 bits per heavy atom. The van der Waals surface area contributed by atoms with Gasteiger partial charge in [0.15, 0.2) is 0 Å². The molecule has 0 unspecified atom stereocenters. The van der Waals surface area contributed by atoms with Gasteiger partial charge >= 0.3 is 5.97 Å². The first-order valence-electron chi connectivity index (χ1n) is 11.1. The van der Waals surface area contributed by atoms with Crippen LogP contribution < -0.4 is 10.1 Å². The molecule has 0 fully saturated rings.